The number of amides is 9. The van der Waals surface area contributed by atoms with Crippen LogP contribution in [0.25, 0.3) is 0 Å². The Kier molecular flexibility index (Phi) is 28.3. The zero-order valence-corrected chi connectivity index (χ0v) is 38.3. The number of carboxylic acid groups (broad SMARTS) is 1. The van der Waals surface area contributed by atoms with E-state index in [-0.39, 0.29) is 62.9 Å². The minimum Gasteiger partial charge on any atom is -0.480 e. The van der Waals surface area contributed by atoms with Crippen molar-refractivity contribution in [2.24, 2.45) is 39.8 Å². The monoisotopic (exact) mass is 931 g/mol. The molecule has 364 valence electrons. The van der Waals surface area contributed by atoms with Crippen LogP contribution in [-0.4, -0.2) is 151 Å². The molecule has 0 saturated carbocycles. The normalized spacial score (nSPS) is 14.2. The molecule has 0 rings (SSSR count). The molecule has 0 aliphatic heterocycles. The molecule has 0 radical (unpaired) electrons. The van der Waals surface area contributed by atoms with E-state index in [0.717, 1.165) is 0 Å². The van der Waals surface area contributed by atoms with Crippen LogP contribution in [0.3, 0.4) is 0 Å². The van der Waals surface area contributed by atoms with Crippen LogP contribution in [0.15, 0.2) is 4.99 Å². The molecule has 0 aromatic carbocycles. The number of hydrogen-bond donors (Lipinski definition) is 15. The number of nitrogens with two attached hydrogens (primary N) is 4. The Bertz CT molecular complexity index is 1630. The lowest BCUT2D eigenvalue weighted by Gasteiger charge is -2.25. The van der Waals surface area contributed by atoms with Crippen molar-refractivity contribution in [2.75, 3.05) is 38.5 Å². The number of nitrogens with zero attached hydrogens (tertiary/aromatic N) is 1. The van der Waals surface area contributed by atoms with Gasteiger partial charge in [-0.25, -0.2) is 4.79 Å². The van der Waals surface area contributed by atoms with Gasteiger partial charge >= 0.3 is 5.97 Å². The number of carbonyl (C=O) groups excluding carboxylic acids is 9. The van der Waals surface area contributed by atoms with Crippen molar-refractivity contribution in [3.05, 3.63) is 0 Å². The number of guanidine groups is 1. The summed E-state index contributed by atoms with van der Waals surface area (Å²) in [6.45, 7) is 8.39. The van der Waals surface area contributed by atoms with Crippen molar-refractivity contribution in [3.8, 4) is 0 Å². The Hall–Kier alpha value is -5.76. The Morgan fingerprint density at radius 3 is 1.55 bits per heavy atom. The standard InChI is InChI=1S/C38H70N14O11S/c1-19(2)14-25(35(60)47-21(5)31(56)46-22(6)32(57)52-30(20(3)4)37(62)63)48-29(55)17-45-33(58)23(10-7-8-12-39)50-34(59)24(11-9-13-43-38(41)42)51-36(61)26(18-64)49-28(54)16-44-27(53)15-40/h19-26,30,64H,7-18,39-40H2,1-6H3,(H,44,53)(H,45,58)(H,46,56)(H,47,60)(H,48,55)(H,49,54)(H,50,59)(H,51,61)(H,52,57)(H,62,63)(H4,41,42,43)/t21-,22-,23-,24-,25-,26-,30-/m0/s1. The lowest BCUT2D eigenvalue weighted by atomic mass is 10.0. The van der Waals surface area contributed by atoms with Gasteiger partial charge in [-0.3, -0.25) is 48.1 Å². The average molecular weight is 931 g/mol. The van der Waals surface area contributed by atoms with Gasteiger partial charge in [0.05, 0.1) is 19.6 Å². The van der Waals surface area contributed by atoms with E-state index in [4.69, 9.17) is 22.9 Å². The highest BCUT2D eigenvalue weighted by Crippen LogP contribution is 2.08. The third kappa shape index (κ3) is 24.2. The van der Waals surface area contributed by atoms with Gasteiger partial charge in [0.1, 0.15) is 42.3 Å². The summed E-state index contributed by atoms with van der Waals surface area (Å²) in [5.74, 6) is -8.93. The molecule has 0 aliphatic rings. The molecule has 0 saturated heterocycles. The van der Waals surface area contributed by atoms with Gasteiger partial charge in [-0.2, -0.15) is 12.6 Å². The van der Waals surface area contributed by atoms with Gasteiger partial charge in [-0.05, 0) is 70.8 Å². The molecule has 0 aliphatic carbocycles. The summed E-state index contributed by atoms with van der Waals surface area (Å²) < 4.78 is 0. The summed E-state index contributed by atoms with van der Waals surface area (Å²) in [6.07, 6.45) is 1.23. The van der Waals surface area contributed by atoms with E-state index < -0.39 is 120 Å². The molecule has 9 amide bonds. The van der Waals surface area contributed by atoms with Gasteiger partial charge in [-0.15, -0.1) is 0 Å². The van der Waals surface area contributed by atoms with Crippen molar-refractivity contribution in [1.29, 1.82) is 0 Å². The molecule has 25 nitrogen and oxygen atoms in total. The zero-order chi connectivity index (χ0) is 49.1. The van der Waals surface area contributed by atoms with Gasteiger partial charge in [0.15, 0.2) is 5.96 Å². The summed E-state index contributed by atoms with van der Waals surface area (Å²) in [7, 11) is 0. The maximum Gasteiger partial charge on any atom is 0.326 e. The predicted octanol–water partition coefficient (Wildman–Crippen LogP) is -5.49. The lowest BCUT2D eigenvalue weighted by Crippen LogP contribution is -2.58. The quantitative estimate of drug-likeness (QED) is 0.0134. The third-order valence-corrected chi connectivity index (χ3v) is 9.51. The summed E-state index contributed by atoms with van der Waals surface area (Å²) in [5, 5.41) is 31.5. The first-order valence-electron chi connectivity index (χ1n) is 20.9. The van der Waals surface area contributed by atoms with Crippen molar-refractivity contribution in [3.63, 3.8) is 0 Å². The van der Waals surface area contributed by atoms with Crippen molar-refractivity contribution in [1.82, 2.24) is 47.9 Å². The molecule has 18 N–H and O–H groups in total. The fourth-order valence-corrected chi connectivity index (χ4v) is 5.84. The second kappa shape index (κ2) is 31.1. The van der Waals surface area contributed by atoms with Crippen LogP contribution in [0.1, 0.15) is 80.1 Å². The Balaban J connectivity index is 5.88. The Labute approximate surface area is 378 Å². The van der Waals surface area contributed by atoms with E-state index in [1.165, 1.54) is 13.8 Å². The third-order valence-electron chi connectivity index (χ3n) is 9.14. The molecule has 0 unspecified atom stereocenters. The molecule has 0 fully saturated rings. The van der Waals surface area contributed by atoms with Crippen LogP contribution in [0.2, 0.25) is 0 Å². The highest BCUT2D eigenvalue weighted by atomic mass is 32.1. The van der Waals surface area contributed by atoms with Crippen LogP contribution in [0.5, 0.6) is 0 Å². The molecule has 26 heteroatoms. The van der Waals surface area contributed by atoms with Crippen LogP contribution >= 0.6 is 12.6 Å². The van der Waals surface area contributed by atoms with E-state index in [1.54, 1.807) is 27.7 Å². The predicted molar refractivity (Wildman–Crippen MR) is 239 cm³/mol. The Morgan fingerprint density at radius 2 is 1.05 bits per heavy atom. The van der Waals surface area contributed by atoms with Gasteiger partial charge < -0.3 is 75.9 Å². The van der Waals surface area contributed by atoms with Gasteiger partial charge in [0.25, 0.3) is 0 Å². The summed E-state index contributed by atoms with van der Waals surface area (Å²) in [5.41, 5.74) is 21.7. The highest BCUT2D eigenvalue weighted by Gasteiger charge is 2.31. The summed E-state index contributed by atoms with van der Waals surface area (Å²) in [4.78, 5) is 132. The first-order valence-corrected chi connectivity index (χ1v) is 21.5. The first-order chi connectivity index (χ1) is 30.0. The van der Waals surface area contributed by atoms with E-state index in [2.05, 4.69) is 65.5 Å². The van der Waals surface area contributed by atoms with E-state index >= 15 is 0 Å². The van der Waals surface area contributed by atoms with Crippen molar-refractivity contribution >= 4 is 77.7 Å². The number of thiol groups is 1. The number of aliphatic imine (C=N–C) groups is 1. The Morgan fingerprint density at radius 1 is 0.562 bits per heavy atom. The largest absolute Gasteiger partial charge is 0.480 e. The molecule has 64 heavy (non-hydrogen) atoms. The zero-order valence-electron chi connectivity index (χ0n) is 37.4. The number of carboxylic acids is 1. The summed E-state index contributed by atoms with van der Waals surface area (Å²) >= 11 is 4.12. The minimum atomic E-state index is -1.28. The van der Waals surface area contributed by atoms with Crippen LogP contribution < -0.4 is 70.8 Å². The molecule has 0 spiro atoms. The first kappa shape index (κ1) is 58.2. The van der Waals surface area contributed by atoms with Crippen molar-refractivity contribution < 1.29 is 53.1 Å². The number of aliphatic carboxylic acids is 1. The van der Waals surface area contributed by atoms with E-state index in [1.807, 2.05) is 0 Å². The number of unbranched alkanes of at least 4 members (excludes halogenated alkanes) is 1. The summed E-state index contributed by atoms with van der Waals surface area (Å²) in [6, 6.07) is -8.44. The lowest BCUT2D eigenvalue weighted by molar-refractivity contribution is -0.143. The fourth-order valence-electron chi connectivity index (χ4n) is 5.58. The smallest absolute Gasteiger partial charge is 0.326 e. The topological polar surface area (TPSA) is 416 Å². The van der Waals surface area contributed by atoms with E-state index in [9.17, 15) is 53.1 Å². The second-order valence-corrected chi connectivity index (χ2v) is 16.0. The molecule has 7 atom stereocenters. The maximum atomic E-state index is 13.7. The van der Waals surface area contributed by atoms with Crippen molar-refractivity contribution in [2.45, 2.75) is 122 Å². The van der Waals surface area contributed by atoms with Crippen LogP contribution in [-0.2, 0) is 47.9 Å². The average Bonchev–Trinajstić information content (AvgIpc) is 3.22. The van der Waals surface area contributed by atoms with Crippen LogP contribution in [0, 0.1) is 11.8 Å². The van der Waals surface area contributed by atoms with Gasteiger partial charge in [-0.1, -0.05) is 27.7 Å². The van der Waals surface area contributed by atoms with Gasteiger partial charge in [0, 0.05) is 12.3 Å². The minimum absolute atomic E-state index is 0.0207. The molecule has 0 aromatic rings. The molecule has 0 bridgehead atoms. The second-order valence-electron chi connectivity index (χ2n) is 15.6. The molecule has 0 aromatic heterocycles. The molecule has 0 heterocycles. The maximum absolute atomic E-state index is 13.7. The highest BCUT2D eigenvalue weighted by molar-refractivity contribution is 7.80. The molecular formula is C38H70N14O11S. The van der Waals surface area contributed by atoms with E-state index in [0.29, 0.717) is 12.8 Å². The molecular weight excluding hydrogens is 861 g/mol. The number of hydrogen-bond acceptors (Lipinski definition) is 14. The number of rotatable bonds is 31. The number of carbonyl (C=O) groups is 10. The fraction of sp³-hybridized carbons (Fsp3) is 0.711. The van der Waals surface area contributed by atoms with Gasteiger partial charge in [0.2, 0.25) is 53.2 Å². The van der Waals surface area contributed by atoms with Crippen LogP contribution in [0.4, 0.5) is 0 Å². The SMILES string of the molecule is CC(C)C[C@H](NC(=O)CNC(=O)[C@H](CCCCN)NC(=O)[C@H](CCCN=C(N)N)NC(=O)[C@H](CS)NC(=O)CNC(=O)CN)C(=O)N[C@@H](C)C(=O)N[C@@H](C)C(=O)N[C@H](C(=O)O)C(C)C. The number of nitrogens with one attached hydrogen (secondary N) is 9.